The average Bonchev–Trinajstić information content (AvgIpc) is 2.42. The monoisotopic (exact) mass is 243 g/mol. The van der Waals surface area contributed by atoms with Crippen LogP contribution in [0.4, 0.5) is 0 Å². The van der Waals surface area contributed by atoms with Gasteiger partial charge >= 0.3 is 0 Å². The number of ether oxygens (including phenoxy) is 1. The molecular formula is C15H19N2O+. The van der Waals surface area contributed by atoms with Crippen LogP contribution in [0, 0.1) is 0 Å². The SMILES string of the molecule is CCOc1ccccc1C[NH2+]Cc1cccnc1. The molecule has 2 N–H and O–H groups in total. The molecule has 0 radical (unpaired) electrons. The maximum absolute atomic E-state index is 5.61. The lowest BCUT2D eigenvalue weighted by Gasteiger charge is -2.08. The highest BCUT2D eigenvalue weighted by Gasteiger charge is 2.04. The van der Waals surface area contributed by atoms with Crippen LogP contribution in [0.15, 0.2) is 48.8 Å². The molecule has 3 heteroatoms. The highest BCUT2D eigenvalue weighted by molar-refractivity contribution is 5.32. The summed E-state index contributed by atoms with van der Waals surface area (Å²) in [4.78, 5) is 4.11. The first kappa shape index (κ1) is 12.6. The van der Waals surface area contributed by atoms with Gasteiger partial charge in [-0.2, -0.15) is 0 Å². The number of rotatable bonds is 6. The van der Waals surface area contributed by atoms with Gasteiger partial charge in [-0.25, -0.2) is 0 Å². The Bertz CT molecular complexity index is 471. The molecule has 0 atom stereocenters. The Kier molecular flexibility index (Phi) is 4.73. The van der Waals surface area contributed by atoms with Crippen LogP contribution in [0.1, 0.15) is 18.1 Å². The van der Waals surface area contributed by atoms with E-state index in [-0.39, 0.29) is 0 Å². The second kappa shape index (κ2) is 6.77. The third-order valence-corrected chi connectivity index (χ3v) is 2.74. The molecule has 1 heterocycles. The van der Waals surface area contributed by atoms with Crippen LogP contribution in [-0.2, 0) is 13.1 Å². The second-order valence-corrected chi connectivity index (χ2v) is 4.10. The molecule has 3 nitrogen and oxygen atoms in total. The van der Waals surface area contributed by atoms with Crippen molar-refractivity contribution in [3.8, 4) is 5.75 Å². The molecule has 0 spiro atoms. The zero-order valence-electron chi connectivity index (χ0n) is 10.7. The Hall–Kier alpha value is -1.87. The molecule has 0 saturated carbocycles. The van der Waals surface area contributed by atoms with Crippen molar-refractivity contribution in [1.82, 2.24) is 4.98 Å². The minimum atomic E-state index is 0.708. The van der Waals surface area contributed by atoms with Crippen molar-refractivity contribution in [2.24, 2.45) is 0 Å². The van der Waals surface area contributed by atoms with Crippen molar-refractivity contribution in [2.45, 2.75) is 20.0 Å². The first-order valence-corrected chi connectivity index (χ1v) is 6.31. The summed E-state index contributed by atoms with van der Waals surface area (Å²) in [7, 11) is 0. The van der Waals surface area contributed by atoms with Crippen LogP contribution in [0.25, 0.3) is 0 Å². The number of quaternary nitrogens is 1. The summed E-state index contributed by atoms with van der Waals surface area (Å²) in [6.07, 6.45) is 3.71. The third-order valence-electron chi connectivity index (χ3n) is 2.74. The third kappa shape index (κ3) is 3.57. The van der Waals surface area contributed by atoms with Crippen LogP contribution in [0.2, 0.25) is 0 Å². The molecule has 0 fully saturated rings. The van der Waals surface area contributed by atoms with Crippen molar-refractivity contribution < 1.29 is 10.1 Å². The lowest BCUT2D eigenvalue weighted by atomic mass is 10.2. The van der Waals surface area contributed by atoms with Crippen LogP contribution in [0.5, 0.6) is 5.75 Å². The van der Waals surface area contributed by atoms with Gasteiger partial charge in [0.15, 0.2) is 0 Å². The van der Waals surface area contributed by atoms with Gasteiger partial charge in [-0.15, -0.1) is 0 Å². The topological polar surface area (TPSA) is 38.7 Å². The van der Waals surface area contributed by atoms with Gasteiger partial charge in [0, 0.05) is 23.5 Å². The Balaban J connectivity index is 1.90. The van der Waals surface area contributed by atoms with Gasteiger partial charge in [0.25, 0.3) is 0 Å². The largest absolute Gasteiger partial charge is 0.493 e. The van der Waals surface area contributed by atoms with Gasteiger partial charge in [-0.05, 0) is 25.1 Å². The fraction of sp³-hybridized carbons (Fsp3) is 0.267. The van der Waals surface area contributed by atoms with Crippen LogP contribution < -0.4 is 10.1 Å². The average molecular weight is 243 g/mol. The molecule has 1 aromatic heterocycles. The van der Waals surface area contributed by atoms with Gasteiger partial charge in [-0.1, -0.05) is 18.2 Å². The van der Waals surface area contributed by atoms with Gasteiger partial charge in [0.2, 0.25) is 0 Å². The number of hydrogen-bond donors (Lipinski definition) is 1. The van der Waals surface area contributed by atoms with E-state index < -0.39 is 0 Å². The first-order chi connectivity index (χ1) is 8.90. The highest BCUT2D eigenvalue weighted by atomic mass is 16.5. The molecule has 0 unspecified atom stereocenters. The predicted octanol–water partition coefficient (Wildman–Crippen LogP) is 1.74. The van der Waals surface area contributed by atoms with E-state index in [1.54, 1.807) is 6.20 Å². The summed E-state index contributed by atoms with van der Waals surface area (Å²) in [6, 6.07) is 12.3. The summed E-state index contributed by atoms with van der Waals surface area (Å²) >= 11 is 0. The zero-order valence-corrected chi connectivity index (χ0v) is 10.7. The van der Waals surface area contributed by atoms with Gasteiger partial charge in [-0.3, -0.25) is 4.98 Å². The van der Waals surface area contributed by atoms with E-state index in [2.05, 4.69) is 28.5 Å². The van der Waals surface area contributed by atoms with Crippen molar-refractivity contribution in [2.75, 3.05) is 6.61 Å². The molecule has 0 amide bonds. The minimum Gasteiger partial charge on any atom is -0.493 e. The van der Waals surface area contributed by atoms with Crippen molar-refractivity contribution in [1.29, 1.82) is 0 Å². The molecule has 2 aromatic rings. The number of nitrogens with zero attached hydrogens (tertiary/aromatic N) is 1. The summed E-state index contributed by atoms with van der Waals surface area (Å²) in [5.41, 5.74) is 2.48. The summed E-state index contributed by atoms with van der Waals surface area (Å²) in [6.45, 7) is 4.58. The smallest absolute Gasteiger partial charge is 0.128 e. The van der Waals surface area contributed by atoms with Crippen molar-refractivity contribution in [3.05, 3.63) is 59.9 Å². The number of benzene rings is 1. The number of hydrogen-bond acceptors (Lipinski definition) is 2. The standard InChI is InChI=1S/C15H18N2O/c1-2-18-15-8-4-3-7-14(15)12-17-11-13-6-5-9-16-10-13/h3-10,17H,2,11-12H2,1H3/p+1. The van der Waals surface area contributed by atoms with E-state index in [0.717, 1.165) is 18.8 Å². The van der Waals surface area contributed by atoms with Gasteiger partial charge in [0.05, 0.1) is 6.61 Å². The van der Waals surface area contributed by atoms with E-state index in [1.807, 2.05) is 31.3 Å². The zero-order chi connectivity index (χ0) is 12.6. The molecule has 1 aromatic carbocycles. The summed E-state index contributed by atoms with van der Waals surface area (Å²) < 4.78 is 5.61. The quantitative estimate of drug-likeness (QED) is 0.839. The Morgan fingerprint density at radius 2 is 2.00 bits per heavy atom. The molecule has 0 aliphatic rings. The van der Waals surface area contributed by atoms with E-state index in [1.165, 1.54) is 11.1 Å². The fourth-order valence-corrected chi connectivity index (χ4v) is 1.88. The summed E-state index contributed by atoms with van der Waals surface area (Å²) in [5, 5.41) is 2.26. The number of para-hydroxylation sites is 1. The lowest BCUT2D eigenvalue weighted by Crippen LogP contribution is -2.80. The number of nitrogens with two attached hydrogens (primary N) is 1. The van der Waals surface area contributed by atoms with Gasteiger partial charge in [0.1, 0.15) is 18.8 Å². The van der Waals surface area contributed by atoms with Crippen molar-refractivity contribution in [3.63, 3.8) is 0 Å². The fourth-order valence-electron chi connectivity index (χ4n) is 1.88. The maximum atomic E-state index is 5.61. The molecular weight excluding hydrogens is 224 g/mol. The van der Waals surface area contributed by atoms with Crippen molar-refractivity contribution >= 4 is 0 Å². The maximum Gasteiger partial charge on any atom is 0.128 e. The minimum absolute atomic E-state index is 0.708. The number of pyridine rings is 1. The molecule has 0 saturated heterocycles. The molecule has 2 rings (SSSR count). The lowest BCUT2D eigenvalue weighted by molar-refractivity contribution is -0.686. The normalized spacial score (nSPS) is 10.3. The predicted molar refractivity (Wildman–Crippen MR) is 71.2 cm³/mol. The van der Waals surface area contributed by atoms with E-state index in [9.17, 15) is 0 Å². The molecule has 0 aliphatic carbocycles. The Morgan fingerprint density at radius 3 is 2.78 bits per heavy atom. The van der Waals surface area contributed by atoms with Crippen LogP contribution >= 0.6 is 0 Å². The van der Waals surface area contributed by atoms with Crippen LogP contribution in [0.3, 0.4) is 0 Å². The number of aromatic nitrogens is 1. The second-order valence-electron chi connectivity index (χ2n) is 4.10. The molecule has 18 heavy (non-hydrogen) atoms. The Morgan fingerprint density at radius 1 is 1.11 bits per heavy atom. The Labute approximate surface area is 108 Å². The van der Waals surface area contributed by atoms with Gasteiger partial charge < -0.3 is 10.1 Å². The summed E-state index contributed by atoms with van der Waals surface area (Å²) in [5.74, 6) is 0.988. The van der Waals surface area contributed by atoms with Crippen LogP contribution in [-0.4, -0.2) is 11.6 Å². The van der Waals surface area contributed by atoms with E-state index in [0.29, 0.717) is 6.61 Å². The molecule has 0 aliphatic heterocycles. The molecule has 0 bridgehead atoms. The first-order valence-electron chi connectivity index (χ1n) is 6.31. The van der Waals surface area contributed by atoms with E-state index >= 15 is 0 Å². The van der Waals surface area contributed by atoms with E-state index in [4.69, 9.17) is 4.74 Å². The molecule has 94 valence electrons. The highest BCUT2D eigenvalue weighted by Crippen LogP contribution is 2.16.